The van der Waals surface area contributed by atoms with E-state index in [0.717, 1.165) is 77.4 Å². The number of hydrogen-bond acceptors (Lipinski definition) is 7. The molecule has 7 heteroatoms. The van der Waals surface area contributed by atoms with Crippen molar-refractivity contribution in [3.8, 4) is 79.1 Å². The lowest BCUT2D eigenvalue weighted by Crippen LogP contribution is -2.00. The molecule has 7 aromatic carbocycles. The van der Waals surface area contributed by atoms with Gasteiger partial charge in [0.2, 0.25) is 5.71 Å². The predicted octanol–water partition coefficient (Wildman–Crippen LogP) is 12.8. The van der Waals surface area contributed by atoms with Crippen molar-refractivity contribution in [2.75, 3.05) is 0 Å². The summed E-state index contributed by atoms with van der Waals surface area (Å²) in [6.07, 6.45) is 1.85. The van der Waals surface area contributed by atoms with Crippen LogP contribution in [0.5, 0.6) is 0 Å². The molecular weight excluding hydrogens is 725 g/mol. The number of nitrogens with zero attached hydrogens (tertiary/aromatic N) is 6. The van der Waals surface area contributed by atoms with Gasteiger partial charge in [0.05, 0.1) is 5.39 Å². The highest BCUT2D eigenvalue weighted by Gasteiger charge is 2.21. The summed E-state index contributed by atoms with van der Waals surface area (Å²) in [4.78, 5) is 29.9. The Hall–Kier alpha value is -8.16. The van der Waals surface area contributed by atoms with E-state index in [-0.39, 0.29) is 0 Å². The van der Waals surface area contributed by atoms with E-state index in [4.69, 9.17) is 34.3 Å². The number of aromatic nitrogens is 6. The van der Waals surface area contributed by atoms with Gasteiger partial charge in [-0.1, -0.05) is 176 Å². The highest BCUT2D eigenvalue weighted by molar-refractivity contribution is 6.09. The van der Waals surface area contributed by atoms with Crippen molar-refractivity contribution in [2.24, 2.45) is 0 Å². The van der Waals surface area contributed by atoms with Crippen LogP contribution in [-0.4, -0.2) is 29.9 Å². The monoisotopic (exact) mass is 756 g/mol. The zero-order valence-electron chi connectivity index (χ0n) is 31.6. The van der Waals surface area contributed by atoms with Gasteiger partial charge in [-0.2, -0.15) is 0 Å². The van der Waals surface area contributed by atoms with Crippen molar-refractivity contribution in [2.45, 2.75) is 0 Å². The van der Waals surface area contributed by atoms with Crippen LogP contribution >= 0.6 is 0 Å². The Morgan fingerprint density at radius 2 is 0.797 bits per heavy atom. The van der Waals surface area contributed by atoms with Crippen LogP contribution in [0.25, 0.3) is 112 Å². The Morgan fingerprint density at radius 1 is 0.322 bits per heavy atom. The van der Waals surface area contributed by atoms with Crippen LogP contribution in [0, 0.1) is 0 Å². The molecule has 0 saturated heterocycles. The fourth-order valence-corrected chi connectivity index (χ4v) is 7.71. The molecule has 0 N–H and O–H groups in total. The first-order chi connectivity index (χ1) is 29.2. The normalized spacial score (nSPS) is 11.4. The van der Waals surface area contributed by atoms with E-state index in [0.29, 0.717) is 34.6 Å². The van der Waals surface area contributed by atoms with Crippen LogP contribution in [0.2, 0.25) is 0 Å². The molecule has 4 aromatic heterocycles. The van der Waals surface area contributed by atoms with Gasteiger partial charge < -0.3 is 4.42 Å². The third kappa shape index (κ3) is 6.27. The molecule has 0 amide bonds. The maximum atomic E-state index is 6.44. The van der Waals surface area contributed by atoms with Gasteiger partial charge in [0.1, 0.15) is 11.2 Å². The van der Waals surface area contributed by atoms with E-state index in [2.05, 4.69) is 78.9 Å². The summed E-state index contributed by atoms with van der Waals surface area (Å²) in [5, 5.41) is 2.97. The van der Waals surface area contributed by atoms with E-state index in [1.807, 2.05) is 115 Å². The van der Waals surface area contributed by atoms with Gasteiger partial charge in [0.15, 0.2) is 28.9 Å². The summed E-state index contributed by atoms with van der Waals surface area (Å²) < 4.78 is 6.44. The Kier molecular flexibility index (Phi) is 8.33. The number of fused-ring (bicyclic) bond motifs is 4. The van der Waals surface area contributed by atoms with Gasteiger partial charge in [-0.3, -0.25) is 0 Å². The quantitative estimate of drug-likeness (QED) is 0.160. The number of benzene rings is 7. The van der Waals surface area contributed by atoms with Crippen LogP contribution < -0.4 is 0 Å². The van der Waals surface area contributed by atoms with E-state index in [1.165, 1.54) is 0 Å². The van der Waals surface area contributed by atoms with Crippen molar-refractivity contribution < 1.29 is 4.42 Å². The van der Waals surface area contributed by atoms with Crippen LogP contribution in [0.1, 0.15) is 0 Å². The minimum Gasteiger partial charge on any atom is -0.434 e. The minimum atomic E-state index is 0.525. The number of rotatable bonds is 7. The molecule has 0 saturated carbocycles. The first kappa shape index (κ1) is 34.1. The summed E-state index contributed by atoms with van der Waals surface area (Å²) in [6.45, 7) is 0. The second-order valence-corrected chi connectivity index (χ2v) is 14.3. The summed E-state index contributed by atoms with van der Waals surface area (Å²) >= 11 is 0. The molecule has 0 bridgehead atoms. The highest BCUT2D eigenvalue weighted by atomic mass is 16.3. The molecule has 0 aliphatic heterocycles. The maximum absolute atomic E-state index is 6.44. The average Bonchev–Trinajstić information content (AvgIpc) is 3.70. The molecule has 11 aromatic rings. The SMILES string of the molecule is c1ccc(-c2cnc3oc4c(-c5ccccc5)nc(-c5ccc(-c6ccc(-c7nc(-c8ccccc8)nc(-c8ccccc8)n7)cc6)c6ccccc56)nc4c3c2)cc1. The Bertz CT molecular complexity index is 3240. The molecule has 0 atom stereocenters. The van der Waals surface area contributed by atoms with Gasteiger partial charge in [-0.05, 0) is 39.6 Å². The maximum Gasteiger partial charge on any atom is 0.229 e. The first-order valence-electron chi connectivity index (χ1n) is 19.4. The second-order valence-electron chi connectivity index (χ2n) is 14.3. The van der Waals surface area contributed by atoms with E-state index in [1.54, 1.807) is 0 Å². The molecule has 0 radical (unpaired) electrons. The van der Waals surface area contributed by atoms with Gasteiger partial charge in [0, 0.05) is 39.6 Å². The molecule has 276 valence electrons. The fraction of sp³-hybridized carbons (Fsp3) is 0. The molecular formula is C52H32N6O. The smallest absolute Gasteiger partial charge is 0.229 e. The molecule has 11 rings (SSSR count). The fourth-order valence-electron chi connectivity index (χ4n) is 7.71. The number of furan rings is 1. The molecule has 59 heavy (non-hydrogen) atoms. The zero-order chi connectivity index (χ0) is 39.1. The van der Waals surface area contributed by atoms with Crippen LogP contribution in [0.15, 0.2) is 199 Å². The van der Waals surface area contributed by atoms with E-state index in [9.17, 15) is 0 Å². The summed E-state index contributed by atoms with van der Waals surface area (Å²) in [7, 11) is 0. The summed E-state index contributed by atoms with van der Waals surface area (Å²) in [5.41, 5.74) is 11.4. The van der Waals surface area contributed by atoms with Gasteiger partial charge in [-0.15, -0.1) is 0 Å². The zero-order valence-corrected chi connectivity index (χ0v) is 31.6. The molecule has 7 nitrogen and oxygen atoms in total. The summed E-state index contributed by atoms with van der Waals surface area (Å²) in [5.74, 6) is 2.49. The molecule has 0 unspecified atom stereocenters. The third-order valence-electron chi connectivity index (χ3n) is 10.6. The summed E-state index contributed by atoms with van der Waals surface area (Å²) in [6, 6.07) is 63.7. The molecule has 0 aliphatic carbocycles. The molecule has 4 heterocycles. The van der Waals surface area contributed by atoms with Crippen LogP contribution in [0.4, 0.5) is 0 Å². The van der Waals surface area contributed by atoms with Gasteiger partial charge >= 0.3 is 0 Å². The standard InChI is InChI=1S/C52H32N6O/c1-5-15-33(16-6-1)39-31-44-46-47(59-52(44)53-32-39)45(35-17-7-2-8-18-35)54-51(55-46)43-30-29-40(41-23-13-14-24-42(41)43)34-25-27-38(28-26-34)50-57-48(36-19-9-3-10-20-36)56-49(58-50)37-21-11-4-12-22-37/h1-32H. The minimum absolute atomic E-state index is 0.525. The Labute approximate surface area is 339 Å². The Balaban J connectivity index is 1.03. The lowest BCUT2D eigenvalue weighted by Gasteiger charge is -2.13. The first-order valence-corrected chi connectivity index (χ1v) is 19.4. The largest absolute Gasteiger partial charge is 0.434 e. The second kappa shape index (κ2) is 14.4. The van der Waals surface area contributed by atoms with Crippen molar-refractivity contribution in [3.63, 3.8) is 0 Å². The number of hydrogen-bond donors (Lipinski definition) is 0. The van der Waals surface area contributed by atoms with E-state index >= 15 is 0 Å². The lowest BCUT2D eigenvalue weighted by molar-refractivity contribution is 0.653. The topological polar surface area (TPSA) is 90.5 Å². The molecule has 0 spiro atoms. The van der Waals surface area contributed by atoms with Crippen molar-refractivity contribution in [3.05, 3.63) is 194 Å². The third-order valence-corrected chi connectivity index (χ3v) is 10.6. The van der Waals surface area contributed by atoms with Crippen LogP contribution in [0.3, 0.4) is 0 Å². The van der Waals surface area contributed by atoms with Crippen molar-refractivity contribution in [1.82, 2.24) is 29.9 Å². The molecule has 0 fully saturated rings. The van der Waals surface area contributed by atoms with Gasteiger partial charge in [0.25, 0.3) is 0 Å². The van der Waals surface area contributed by atoms with Crippen LogP contribution in [-0.2, 0) is 0 Å². The molecule has 0 aliphatic rings. The highest BCUT2D eigenvalue weighted by Crippen LogP contribution is 2.40. The number of pyridine rings is 1. The van der Waals surface area contributed by atoms with Crippen molar-refractivity contribution >= 4 is 33.0 Å². The van der Waals surface area contributed by atoms with E-state index < -0.39 is 0 Å². The van der Waals surface area contributed by atoms with Crippen molar-refractivity contribution in [1.29, 1.82) is 0 Å². The van der Waals surface area contributed by atoms with Gasteiger partial charge in [-0.25, -0.2) is 29.9 Å². The predicted molar refractivity (Wildman–Crippen MR) is 236 cm³/mol. The average molecular weight is 757 g/mol. The Morgan fingerprint density at radius 3 is 1.39 bits per heavy atom. The lowest BCUT2D eigenvalue weighted by atomic mass is 9.94.